The van der Waals surface area contributed by atoms with Crippen LogP contribution in [0.25, 0.3) is 0 Å². The summed E-state index contributed by atoms with van der Waals surface area (Å²) in [7, 11) is 0. The molecule has 0 amide bonds. The van der Waals surface area contributed by atoms with Crippen LogP contribution in [0.2, 0.25) is 0 Å². The number of fused-ring (bicyclic) bond motifs is 2. The molecule has 0 aromatic carbocycles. The second-order valence-corrected chi connectivity index (χ2v) is 9.52. The van der Waals surface area contributed by atoms with Crippen molar-refractivity contribution in [1.29, 1.82) is 0 Å². The molecule has 4 N–H and O–H groups in total. The largest absolute Gasteiger partial charge is 0.391 e. The molecule has 138 valence electrons. The molecule has 6 heteroatoms. The van der Waals surface area contributed by atoms with Gasteiger partial charge in [0.2, 0.25) is 5.79 Å². The number of Topliss-reactive ketones (excluding diaryl/α,β-unsaturated/α-hetero) is 1. The standard InChI is InChI=1S/C19H26O6/c1-8-9-4-5-10-17(13(8)21,14(9)22)19(24)15(23)12-16(2,3)7-6-11(20)18(10,12)25-19/h9-12,14-15,20,22-24H,1,4-7H2,2-3H3/t9?,10-,11+,12-,14+,15+,17?,18+,19?/m1/s1. The molecule has 5 fully saturated rings. The first-order valence-corrected chi connectivity index (χ1v) is 9.27. The topological polar surface area (TPSA) is 107 Å². The minimum atomic E-state index is -2.18. The van der Waals surface area contributed by atoms with Gasteiger partial charge in [0.15, 0.2) is 5.78 Å². The van der Waals surface area contributed by atoms with Crippen molar-refractivity contribution >= 4 is 5.78 Å². The van der Waals surface area contributed by atoms with Crippen molar-refractivity contribution < 1.29 is 30.0 Å². The van der Waals surface area contributed by atoms with Gasteiger partial charge in [-0.3, -0.25) is 4.79 Å². The van der Waals surface area contributed by atoms with E-state index in [0.29, 0.717) is 31.3 Å². The highest BCUT2D eigenvalue weighted by Gasteiger charge is 2.91. The van der Waals surface area contributed by atoms with E-state index in [9.17, 15) is 25.2 Å². The van der Waals surface area contributed by atoms with Gasteiger partial charge in [-0.05, 0) is 36.7 Å². The highest BCUT2D eigenvalue weighted by Crippen LogP contribution is 2.77. The SMILES string of the molecule is C=C1C(=O)C23[C@@H](CCC1[C@@H]2O)[C@@]12OC3(O)[C@@H](O)[C@@H]1C(C)(C)CC[C@@H]2O. The first-order valence-electron chi connectivity index (χ1n) is 9.27. The Morgan fingerprint density at radius 1 is 1.12 bits per heavy atom. The molecule has 9 atom stereocenters. The summed E-state index contributed by atoms with van der Waals surface area (Å²) in [5.41, 5.74) is -2.87. The van der Waals surface area contributed by atoms with Gasteiger partial charge in [-0.25, -0.2) is 0 Å². The van der Waals surface area contributed by atoms with Crippen molar-refractivity contribution in [1.82, 2.24) is 0 Å². The van der Waals surface area contributed by atoms with Gasteiger partial charge in [-0.1, -0.05) is 20.4 Å². The molecule has 2 aliphatic heterocycles. The maximum atomic E-state index is 13.2. The lowest BCUT2D eigenvalue weighted by atomic mass is 9.44. The molecular weight excluding hydrogens is 324 g/mol. The monoisotopic (exact) mass is 350 g/mol. The maximum Gasteiger partial charge on any atom is 0.209 e. The van der Waals surface area contributed by atoms with Crippen molar-refractivity contribution in [3.05, 3.63) is 12.2 Å². The summed E-state index contributed by atoms with van der Waals surface area (Å²) in [6.07, 6.45) is -1.04. The molecule has 4 bridgehead atoms. The van der Waals surface area contributed by atoms with Crippen LogP contribution in [0.15, 0.2) is 12.2 Å². The van der Waals surface area contributed by atoms with Crippen LogP contribution in [0.3, 0.4) is 0 Å². The number of ketones is 1. The number of aliphatic hydroxyl groups excluding tert-OH is 3. The number of carbonyl (C=O) groups excluding carboxylic acids is 1. The highest BCUT2D eigenvalue weighted by molar-refractivity contribution is 6.05. The second kappa shape index (κ2) is 4.20. The summed E-state index contributed by atoms with van der Waals surface area (Å²) >= 11 is 0. The predicted molar refractivity (Wildman–Crippen MR) is 86.1 cm³/mol. The molecular formula is C19H26O6. The minimum absolute atomic E-state index is 0.310. The second-order valence-electron chi connectivity index (χ2n) is 9.52. The third-order valence-corrected chi connectivity index (χ3v) is 8.38. The molecule has 5 aliphatic rings. The van der Waals surface area contributed by atoms with Gasteiger partial charge in [0.25, 0.3) is 0 Å². The number of rotatable bonds is 0. The molecule has 0 radical (unpaired) electrons. The zero-order valence-electron chi connectivity index (χ0n) is 14.6. The zero-order valence-corrected chi connectivity index (χ0v) is 14.6. The average molecular weight is 350 g/mol. The van der Waals surface area contributed by atoms with Crippen LogP contribution in [0.4, 0.5) is 0 Å². The molecule has 3 aliphatic carbocycles. The fourth-order valence-electron chi connectivity index (χ4n) is 7.47. The first-order chi connectivity index (χ1) is 11.6. The van der Waals surface area contributed by atoms with Crippen LogP contribution in [0.5, 0.6) is 0 Å². The predicted octanol–water partition coefficient (Wildman–Crippen LogP) is 0.128. The highest BCUT2D eigenvalue weighted by atomic mass is 16.7. The van der Waals surface area contributed by atoms with Crippen LogP contribution in [0, 0.1) is 28.6 Å². The van der Waals surface area contributed by atoms with Crippen LogP contribution >= 0.6 is 0 Å². The number of hydrogen-bond donors (Lipinski definition) is 4. The van der Waals surface area contributed by atoms with E-state index in [-0.39, 0.29) is 5.41 Å². The fraction of sp³-hybridized carbons (Fsp3) is 0.842. The molecule has 5 rings (SSSR count). The van der Waals surface area contributed by atoms with Crippen molar-refractivity contribution in [2.45, 2.75) is 69.2 Å². The molecule has 0 aromatic rings. The van der Waals surface area contributed by atoms with Gasteiger partial charge in [-0.15, -0.1) is 0 Å². The van der Waals surface area contributed by atoms with Gasteiger partial charge in [-0.2, -0.15) is 0 Å². The Bertz CT molecular complexity index is 702. The molecule has 6 nitrogen and oxygen atoms in total. The van der Waals surface area contributed by atoms with Gasteiger partial charge in [0.1, 0.15) is 17.1 Å². The Balaban J connectivity index is 1.80. The van der Waals surface area contributed by atoms with E-state index < -0.39 is 58.7 Å². The minimum Gasteiger partial charge on any atom is -0.391 e. The number of carbonyl (C=O) groups is 1. The summed E-state index contributed by atoms with van der Waals surface area (Å²) < 4.78 is 6.10. The quantitative estimate of drug-likeness (QED) is 0.463. The number of ether oxygens (including phenoxy) is 1. The normalized spacial score (nSPS) is 61.4. The third kappa shape index (κ3) is 1.31. The lowest BCUT2D eigenvalue weighted by Gasteiger charge is -2.59. The Kier molecular flexibility index (Phi) is 2.75. The smallest absolute Gasteiger partial charge is 0.209 e. The third-order valence-electron chi connectivity index (χ3n) is 8.38. The van der Waals surface area contributed by atoms with Gasteiger partial charge in [0, 0.05) is 17.8 Å². The lowest BCUT2D eigenvalue weighted by molar-refractivity contribution is -0.278. The van der Waals surface area contributed by atoms with Gasteiger partial charge in [0.05, 0.1) is 12.2 Å². The summed E-state index contributed by atoms with van der Waals surface area (Å²) in [6, 6.07) is 0. The average Bonchev–Trinajstić information content (AvgIpc) is 2.97. The molecule has 25 heavy (non-hydrogen) atoms. The molecule has 2 heterocycles. The molecule has 2 saturated heterocycles. The van der Waals surface area contributed by atoms with Crippen molar-refractivity contribution in [3.8, 4) is 0 Å². The molecule has 2 spiro atoms. The van der Waals surface area contributed by atoms with Crippen molar-refractivity contribution in [3.63, 3.8) is 0 Å². The number of hydrogen-bond acceptors (Lipinski definition) is 6. The van der Waals surface area contributed by atoms with Crippen molar-refractivity contribution in [2.24, 2.45) is 28.6 Å². The van der Waals surface area contributed by atoms with E-state index in [1.165, 1.54) is 0 Å². The van der Waals surface area contributed by atoms with E-state index in [2.05, 4.69) is 6.58 Å². The fourth-order valence-corrected chi connectivity index (χ4v) is 7.47. The first kappa shape index (κ1) is 16.4. The lowest BCUT2D eigenvalue weighted by Crippen LogP contribution is -2.72. The Hall–Kier alpha value is -0.790. The van der Waals surface area contributed by atoms with Gasteiger partial charge >= 0.3 is 0 Å². The van der Waals surface area contributed by atoms with E-state index in [1.807, 2.05) is 13.8 Å². The molecule has 3 unspecified atom stereocenters. The van der Waals surface area contributed by atoms with Crippen LogP contribution < -0.4 is 0 Å². The Labute approximate surface area is 146 Å². The summed E-state index contributed by atoms with van der Waals surface area (Å²) in [6.45, 7) is 7.86. The van der Waals surface area contributed by atoms with Crippen LogP contribution in [-0.4, -0.2) is 55.9 Å². The van der Waals surface area contributed by atoms with E-state index >= 15 is 0 Å². The summed E-state index contributed by atoms with van der Waals surface area (Å²) in [4.78, 5) is 13.2. The Morgan fingerprint density at radius 2 is 1.80 bits per heavy atom. The summed E-state index contributed by atoms with van der Waals surface area (Å²) in [5.74, 6) is -4.01. The Morgan fingerprint density at radius 3 is 2.48 bits per heavy atom. The molecule has 0 aromatic heterocycles. The van der Waals surface area contributed by atoms with E-state index in [0.717, 1.165) is 0 Å². The molecule has 3 saturated carbocycles. The number of aliphatic hydroxyl groups is 4. The van der Waals surface area contributed by atoms with Crippen molar-refractivity contribution in [2.75, 3.05) is 0 Å². The van der Waals surface area contributed by atoms with E-state index in [1.54, 1.807) is 0 Å². The zero-order chi connectivity index (χ0) is 18.2. The van der Waals surface area contributed by atoms with Gasteiger partial charge < -0.3 is 25.2 Å². The maximum absolute atomic E-state index is 13.2. The summed E-state index contributed by atoms with van der Waals surface area (Å²) in [5, 5.41) is 44.6. The van der Waals surface area contributed by atoms with Crippen LogP contribution in [-0.2, 0) is 9.53 Å². The van der Waals surface area contributed by atoms with E-state index in [4.69, 9.17) is 4.74 Å². The van der Waals surface area contributed by atoms with Crippen LogP contribution in [0.1, 0.15) is 39.5 Å².